The van der Waals surface area contributed by atoms with Crippen molar-refractivity contribution in [2.24, 2.45) is 5.10 Å². The monoisotopic (exact) mass is 520 g/mol. The normalized spacial score (nSPS) is 13.1. The molecule has 0 bridgehead atoms. The van der Waals surface area contributed by atoms with E-state index < -0.39 is 0 Å². The minimum atomic E-state index is -0.323. The maximum atomic E-state index is 13.8. The Kier molecular flexibility index (Phi) is 7.06. The summed E-state index contributed by atoms with van der Waals surface area (Å²) in [5.41, 5.74) is 4.92. The van der Waals surface area contributed by atoms with Crippen LogP contribution in [0.25, 0.3) is 15.9 Å². The highest BCUT2D eigenvalue weighted by Crippen LogP contribution is 2.35. The van der Waals surface area contributed by atoms with E-state index in [1.807, 2.05) is 12.1 Å². The standard InChI is InChI=1S/C26H24N4O4S2/c1-34-19-12-8-17(9-13-19)30-25(33)23-20-4-2-3-5-21(20)36-24(23)28-26(30)35-15-22(32)29-27-14-16-6-10-18(31)11-7-16/h6-14,31H,2-5,15H2,1H3,(H,29,32). The molecule has 0 unspecified atom stereocenters. The number of fused-ring (bicyclic) bond motifs is 3. The summed E-state index contributed by atoms with van der Waals surface area (Å²) in [6.45, 7) is 0. The maximum Gasteiger partial charge on any atom is 0.267 e. The van der Waals surface area contributed by atoms with E-state index in [4.69, 9.17) is 9.72 Å². The lowest BCUT2D eigenvalue weighted by Gasteiger charge is -2.14. The summed E-state index contributed by atoms with van der Waals surface area (Å²) in [7, 11) is 1.59. The summed E-state index contributed by atoms with van der Waals surface area (Å²) in [5, 5.41) is 14.5. The van der Waals surface area contributed by atoms with Crippen molar-refractivity contribution in [2.75, 3.05) is 12.9 Å². The number of thioether (sulfide) groups is 1. The van der Waals surface area contributed by atoms with E-state index in [1.165, 1.54) is 22.9 Å². The number of aromatic nitrogens is 2. The molecule has 0 fully saturated rings. The Bertz CT molecular complexity index is 1490. The van der Waals surface area contributed by atoms with Gasteiger partial charge < -0.3 is 9.84 Å². The smallest absolute Gasteiger partial charge is 0.267 e. The third kappa shape index (κ3) is 5.00. The summed E-state index contributed by atoms with van der Waals surface area (Å²) < 4.78 is 6.85. The third-order valence-corrected chi connectivity index (χ3v) is 8.04. The summed E-state index contributed by atoms with van der Waals surface area (Å²) in [6.07, 6.45) is 5.56. The van der Waals surface area contributed by atoms with Crippen LogP contribution in [0.2, 0.25) is 0 Å². The fraction of sp³-hybridized carbons (Fsp3) is 0.231. The van der Waals surface area contributed by atoms with Crippen LogP contribution in [0.5, 0.6) is 11.5 Å². The molecule has 2 heterocycles. The molecule has 36 heavy (non-hydrogen) atoms. The predicted molar refractivity (Wildman–Crippen MR) is 143 cm³/mol. The number of carbonyl (C=O) groups is 1. The Labute approximate surface area is 215 Å². The number of hydrogen-bond acceptors (Lipinski definition) is 8. The van der Waals surface area contributed by atoms with E-state index in [0.29, 0.717) is 22.0 Å². The van der Waals surface area contributed by atoms with E-state index >= 15 is 0 Å². The van der Waals surface area contributed by atoms with Crippen molar-refractivity contribution in [3.05, 3.63) is 74.9 Å². The number of phenols is 1. The van der Waals surface area contributed by atoms with Crippen LogP contribution in [0.1, 0.15) is 28.8 Å². The van der Waals surface area contributed by atoms with Crippen LogP contribution in [-0.2, 0) is 17.6 Å². The Hall–Kier alpha value is -3.63. The molecule has 0 aliphatic heterocycles. The molecule has 0 saturated heterocycles. The van der Waals surface area contributed by atoms with Crippen molar-refractivity contribution in [3.8, 4) is 17.2 Å². The second kappa shape index (κ2) is 10.5. The van der Waals surface area contributed by atoms with Crippen molar-refractivity contribution < 1.29 is 14.6 Å². The zero-order valence-electron chi connectivity index (χ0n) is 19.6. The molecule has 8 nitrogen and oxygen atoms in total. The number of hydrogen-bond donors (Lipinski definition) is 2. The number of aromatic hydroxyl groups is 1. The predicted octanol–water partition coefficient (Wildman–Crippen LogP) is 4.28. The first-order valence-corrected chi connectivity index (χ1v) is 13.3. The SMILES string of the molecule is COc1ccc(-n2c(SCC(=O)NN=Cc3ccc(O)cc3)nc3sc4c(c3c2=O)CCCC4)cc1. The number of amides is 1. The highest BCUT2D eigenvalue weighted by molar-refractivity contribution is 7.99. The van der Waals surface area contributed by atoms with Crippen molar-refractivity contribution in [2.45, 2.75) is 30.8 Å². The number of nitrogens with one attached hydrogen (secondary N) is 1. The van der Waals surface area contributed by atoms with E-state index in [9.17, 15) is 14.7 Å². The molecule has 2 N–H and O–H groups in total. The minimum Gasteiger partial charge on any atom is -0.508 e. The zero-order valence-corrected chi connectivity index (χ0v) is 21.2. The molecule has 4 aromatic rings. The minimum absolute atomic E-state index is 0.0338. The van der Waals surface area contributed by atoms with E-state index in [1.54, 1.807) is 59.4 Å². The van der Waals surface area contributed by atoms with Gasteiger partial charge in [0.15, 0.2) is 5.16 Å². The molecule has 184 valence electrons. The van der Waals surface area contributed by atoms with Crippen molar-refractivity contribution in [3.63, 3.8) is 0 Å². The van der Waals surface area contributed by atoms with Crippen LogP contribution in [0.3, 0.4) is 0 Å². The topological polar surface area (TPSA) is 106 Å². The molecule has 10 heteroatoms. The van der Waals surface area contributed by atoms with Gasteiger partial charge in [-0.3, -0.25) is 14.2 Å². The third-order valence-electron chi connectivity index (χ3n) is 5.92. The first-order chi connectivity index (χ1) is 17.5. The molecule has 0 saturated carbocycles. The first-order valence-electron chi connectivity index (χ1n) is 11.5. The molecule has 2 aromatic heterocycles. The lowest BCUT2D eigenvalue weighted by molar-refractivity contribution is -0.118. The Morgan fingerprint density at radius 1 is 1.19 bits per heavy atom. The molecule has 1 aliphatic rings. The van der Waals surface area contributed by atoms with Gasteiger partial charge in [0.25, 0.3) is 11.5 Å². The van der Waals surface area contributed by atoms with Gasteiger partial charge in [-0.2, -0.15) is 5.10 Å². The number of benzene rings is 2. The van der Waals surface area contributed by atoms with Gasteiger partial charge in [-0.25, -0.2) is 10.4 Å². The first kappa shape index (κ1) is 24.1. The number of phenolic OH excluding ortho intramolecular Hbond substituents is 1. The number of methoxy groups -OCH3 is 1. The number of nitrogens with zero attached hydrogens (tertiary/aromatic N) is 3. The molecular weight excluding hydrogens is 496 g/mol. The van der Waals surface area contributed by atoms with Crippen LogP contribution in [0, 0.1) is 0 Å². The highest BCUT2D eigenvalue weighted by Gasteiger charge is 2.23. The van der Waals surface area contributed by atoms with Gasteiger partial charge in [-0.1, -0.05) is 11.8 Å². The molecule has 0 radical (unpaired) electrons. The summed E-state index contributed by atoms with van der Waals surface area (Å²) in [4.78, 5) is 33.1. The number of aryl methyl sites for hydroxylation is 2. The van der Waals surface area contributed by atoms with Crippen LogP contribution >= 0.6 is 23.1 Å². The van der Waals surface area contributed by atoms with E-state index in [-0.39, 0.29) is 23.0 Å². The van der Waals surface area contributed by atoms with Crippen LogP contribution in [0.4, 0.5) is 0 Å². The average molecular weight is 521 g/mol. The lowest BCUT2D eigenvalue weighted by Crippen LogP contribution is -2.24. The summed E-state index contributed by atoms with van der Waals surface area (Å²) >= 11 is 2.78. The van der Waals surface area contributed by atoms with Crippen molar-refractivity contribution in [1.82, 2.24) is 15.0 Å². The number of rotatable bonds is 7. The fourth-order valence-corrected chi connectivity index (χ4v) is 6.25. The van der Waals surface area contributed by atoms with Gasteiger partial charge in [0.2, 0.25) is 0 Å². The zero-order chi connectivity index (χ0) is 25.1. The Morgan fingerprint density at radius 3 is 2.69 bits per heavy atom. The van der Waals surface area contributed by atoms with Gasteiger partial charge in [0.05, 0.1) is 30.2 Å². The molecule has 1 aliphatic carbocycles. The summed E-state index contributed by atoms with van der Waals surface area (Å²) in [5.74, 6) is 0.558. The highest BCUT2D eigenvalue weighted by atomic mass is 32.2. The maximum absolute atomic E-state index is 13.8. The fourth-order valence-electron chi connectivity index (χ4n) is 4.14. The quantitative estimate of drug-likeness (QED) is 0.163. The van der Waals surface area contributed by atoms with Gasteiger partial charge >= 0.3 is 0 Å². The Morgan fingerprint density at radius 2 is 1.94 bits per heavy atom. The second-order valence-electron chi connectivity index (χ2n) is 8.30. The second-order valence-corrected chi connectivity index (χ2v) is 10.3. The van der Waals surface area contributed by atoms with Gasteiger partial charge in [-0.05, 0) is 85.3 Å². The molecule has 2 aromatic carbocycles. The van der Waals surface area contributed by atoms with Crippen molar-refractivity contribution in [1.29, 1.82) is 0 Å². The largest absolute Gasteiger partial charge is 0.508 e. The van der Waals surface area contributed by atoms with Crippen LogP contribution in [0.15, 0.2) is 63.6 Å². The number of ether oxygens (including phenoxy) is 1. The molecule has 1 amide bonds. The van der Waals surface area contributed by atoms with E-state index in [0.717, 1.165) is 41.6 Å². The van der Waals surface area contributed by atoms with Gasteiger partial charge in [0.1, 0.15) is 16.3 Å². The number of carbonyl (C=O) groups excluding carboxylic acids is 1. The van der Waals surface area contributed by atoms with Crippen LogP contribution < -0.4 is 15.7 Å². The molecule has 5 rings (SSSR count). The lowest BCUT2D eigenvalue weighted by atomic mass is 9.97. The molecular formula is C26H24N4O4S2. The average Bonchev–Trinajstić information content (AvgIpc) is 3.27. The Balaban J connectivity index is 1.43. The van der Waals surface area contributed by atoms with E-state index in [2.05, 4.69) is 10.5 Å². The van der Waals surface area contributed by atoms with Gasteiger partial charge in [-0.15, -0.1) is 11.3 Å². The van der Waals surface area contributed by atoms with Crippen molar-refractivity contribution >= 4 is 45.4 Å². The number of hydrazone groups is 1. The summed E-state index contributed by atoms with van der Waals surface area (Å²) in [6, 6.07) is 13.7. The molecule has 0 spiro atoms. The van der Waals surface area contributed by atoms with Gasteiger partial charge in [0, 0.05) is 4.88 Å². The molecule has 0 atom stereocenters. The van der Waals surface area contributed by atoms with Crippen LogP contribution in [-0.4, -0.2) is 39.6 Å². The number of thiophene rings is 1.